The van der Waals surface area contributed by atoms with Crippen LogP contribution in [0, 0.1) is 6.92 Å². The molecule has 0 unspecified atom stereocenters. The number of sulfonamides is 1. The Bertz CT molecular complexity index is 737. The van der Waals surface area contributed by atoms with Gasteiger partial charge in [0.1, 0.15) is 17.3 Å². The van der Waals surface area contributed by atoms with E-state index in [-0.39, 0.29) is 6.04 Å². The smallest absolute Gasteiger partial charge is 0.250 e. The van der Waals surface area contributed by atoms with Crippen LogP contribution in [0.1, 0.15) is 17.2 Å². The first-order valence-corrected chi connectivity index (χ1v) is 10.4. The topological polar surface area (TPSA) is 59.8 Å². The zero-order valence-electron chi connectivity index (χ0n) is 13.7. The lowest BCUT2D eigenvalue weighted by Gasteiger charge is -2.28. The Labute approximate surface area is 147 Å². The molecule has 1 aromatic heterocycles. The molecule has 0 bridgehead atoms. The van der Waals surface area contributed by atoms with Crippen molar-refractivity contribution < 1.29 is 18.1 Å². The Balaban J connectivity index is 1.82. The van der Waals surface area contributed by atoms with E-state index in [1.807, 2.05) is 31.2 Å². The van der Waals surface area contributed by atoms with Gasteiger partial charge < -0.3 is 9.64 Å². The lowest BCUT2D eigenvalue weighted by molar-refractivity contribution is -0.909. The molecular weight excluding hydrogens is 344 g/mol. The molecule has 1 aromatic carbocycles. The van der Waals surface area contributed by atoms with Gasteiger partial charge in [-0.25, -0.2) is 8.42 Å². The number of ether oxygens (including phenoxy) is 1. The van der Waals surface area contributed by atoms with Gasteiger partial charge in [0.05, 0.1) is 25.8 Å². The molecule has 0 amide bonds. The Morgan fingerprint density at radius 3 is 2.54 bits per heavy atom. The van der Waals surface area contributed by atoms with Crippen LogP contribution >= 0.6 is 11.3 Å². The Morgan fingerprint density at radius 1 is 1.21 bits per heavy atom. The van der Waals surface area contributed by atoms with Crippen LogP contribution in [-0.4, -0.2) is 41.3 Å². The van der Waals surface area contributed by atoms with Crippen LogP contribution in [0.5, 0.6) is 0 Å². The molecule has 1 aliphatic rings. The number of morpholine rings is 1. The average molecular weight is 368 g/mol. The monoisotopic (exact) mass is 367 g/mol. The van der Waals surface area contributed by atoms with E-state index in [2.05, 4.69) is 4.72 Å². The number of nitrogens with one attached hydrogen (secondary N) is 2. The molecule has 1 saturated heterocycles. The summed E-state index contributed by atoms with van der Waals surface area (Å²) in [6, 6.07) is 11.2. The highest BCUT2D eigenvalue weighted by Gasteiger charge is 2.27. The largest absolute Gasteiger partial charge is 0.370 e. The molecule has 0 spiro atoms. The molecule has 2 aromatic rings. The summed E-state index contributed by atoms with van der Waals surface area (Å²) in [4.78, 5) is 1.36. The van der Waals surface area contributed by atoms with Crippen molar-refractivity contribution in [1.82, 2.24) is 4.72 Å². The number of aryl methyl sites for hydroxylation is 1. The first-order chi connectivity index (χ1) is 11.5. The van der Waals surface area contributed by atoms with Crippen LogP contribution in [0.3, 0.4) is 0 Å². The molecule has 3 rings (SSSR count). The van der Waals surface area contributed by atoms with Crippen molar-refractivity contribution in [1.29, 1.82) is 0 Å². The minimum atomic E-state index is -3.50. The molecule has 130 valence electrons. The van der Waals surface area contributed by atoms with Gasteiger partial charge in [0.25, 0.3) is 10.0 Å². The van der Waals surface area contributed by atoms with Crippen molar-refractivity contribution >= 4 is 21.4 Å². The minimum Gasteiger partial charge on any atom is -0.370 e. The fraction of sp³-hybridized carbons (Fsp3) is 0.412. The second-order valence-corrected chi connectivity index (χ2v) is 8.97. The van der Waals surface area contributed by atoms with E-state index in [9.17, 15) is 8.42 Å². The van der Waals surface area contributed by atoms with E-state index < -0.39 is 10.0 Å². The summed E-state index contributed by atoms with van der Waals surface area (Å²) in [7, 11) is -3.50. The molecule has 7 heteroatoms. The van der Waals surface area contributed by atoms with Crippen LogP contribution < -0.4 is 9.62 Å². The van der Waals surface area contributed by atoms with Gasteiger partial charge in [-0.1, -0.05) is 35.9 Å². The maximum atomic E-state index is 12.7. The van der Waals surface area contributed by atoms with E-state index in [0.717, 1.165) is 44.0 Å². The number of benzene rings is 1. The molecular formula is C17H23N2O3S2+. The summed E-state index contributed by atoms with van der Waals surface area (Å²) in [6.45, 7) is 6.02. The molecule has 0 radical (unpaired) electrons. The fourth-order valence-electron chi connectivity index (χ4n) is 2.84. The van der Waals surface area contributed by atoms with Gasteiger partial charge in [-0.2, -0.15) is 4.72 Å². The molecule has 0 saturated carbocycles. The van der Waals surface area contributed by atoms with Crippen molar-refractivity contribution in [2.75, 3.05) is 32.8 Å². The molecule has 5 nitrogen and oxygen atoms in total. The maximum absolute atomic E-state index is 12.7. The molecule has 2 heterocycles. The Hall–Kier alpha value is -1.25. The second-order valence-electron chi connectivity index (χ2n) is 6.08. The Kier molecular flexibility index (Phi) is 5.68. The molecule has 0 aliphatic carbocycles. The predicted molar refractivity (Wildman–Crippen MR) is 94.9 cm³/mol. The van der Waals surface area contributed by atoms with Crippen LogP contribution in [0.15, 0.2) is 46.0 Å². The normalized spacial score (nSPS) is 17.7. The van der Waals surface area contributed by atoms with Gasteiger partial charge >= 0.3 is 0 Å². The van der Waals surface area contributed by atoms with E-state index in [1.54, 1.807) is 17.5 Å². The predicted octanol–water partition coefficient (Wildman–Crippen LogP) is 0.991. The third-order valence-corrected chi connectivity index (χ3v) is 7.10. The summed E-state index contributed by atoms with van der Waals surface area (Å²) >= 11 is 1.24. The standard InChI is InChI=1S/C17H22N2O3S2/c1-14-4-6-15(7-5-14)16(13-19-8-10-22-11-9-19)18-24(20,21)17-3-2-12-23-17/h2-7,12,16,18H,8-11,13H2,1H3/p+1/t16-/m0/s1. The van der Waals surface area contributed by atoms with Gasteiger partial charge in [-0.3, -0.25) is 0 Å². The number of rotatable bonds is 6. The molecule has 2 N–H and O–H groups in total. The zero-order valence-corrected chi connectivity index (χ0v) is 15.3. The lowest BCUT2D eigenvalue weighted by Crippen LogP contribution is -3.14. The van der Waals surface area contributed by atoms with Gasteiger partial charge in [0.2, 0.25) is 0 Å². The second kappa shape index (κ2) is 7.76. The van der Waals surface area contributed by atoms with Crippen LogP contribution in [0.25, 0.3) is 0 Å². The van der Waals surface area contributed by atoms with Crippen LogP contribution in [0.2, 0.25) is 0 Å². The third-order valence-electron chi connectivity index (χ3n) is 4.23. The minimum absolute atomic E-state index is 0.245. The van der Waals surface area contributed by atoms with Gasteiger partial charge in [-0.05, 0) is 23.9 Å². The van der Waals surface area contributed by atoms with Crippen molar-refractivity contribution in [2.24, 2.45) is 0 Å². The third kappa shape index (κ3) is 4.43. The summed E-state index contributed by atoms with van der Waals surface area (Å²) in [5.74, 6) is 0. The first kappa shape index (κ1) is 17.6. The van der Waals surface area contributed by atoms with E-state index in [0.29, 0.717) is 4.21 Å². The zero-order chi connectivity index (χ0) is 17.0. The number of quaternary nitrogens is 1. The average Bonchev–Trinajstić information content (AvgIpc) is 3.11. The van der Waals surface area contributed by atoms with E-state index in [1.165, 1.54) is 16.2 Å². The Morgan fingerprint density at radius 2 is 1.92 bits per heavy atom. The van der Waals surface area contributed by atoms with Gasteiger partial charge in [-0.15, -0.1) is 11.3 Å². The van der Waals surface area contributed by atoms with Gasteiger partial charge in [0, 0.05) is 0 Å². The SMILES string of the molecule is Cc1ccc([C@H](C[NH+]2CCOCC2)NS(=O)(=O)c2cccs2)cc1. The lowest BCUT2D eigenvalue weighted by atomic mass is 10.1. The highest BCUT2D eigenvalue weighted by molar-refractivity contribution is 7.91. The summed E-state index contributed by atoms with van der Waals surface area (Å²) < 4.78 is 34.0. The van der Waals surface area contributed by atoms with Crippen LogP contribution in [-0.2, 0) is 14.8 Å². The molecule has 24 heavy (non-hydrogen) atoms. The van der Waals surface area contributed by atoms with Crippen LogP contribution in [0.4, 0.5) is 0 Å². The van der Waals surface area contributed by atoms with Crippen molar-refractivity contribution in [3.8, 4) is 0 Å². The quantitative estimate of drug-likeness (QED) is 0.801. The molecule has 1 aliphatic heterocycles. The summed E-state index contributed by atoms with van der Waals surface area (Å²) in [5.41, 5.74) is 2.16. The van der Waals surface area contributed by atoms with E-state index >= 15 is 0 Å². The summed E-state index contributed by atoms with van der Waals surface area (Å²) in [5, 5.41) is 1.78. The fourth-order valence-corrected chi connectivity index (χ4v) is 5.07. The number of hydrogen-bond acceptors (Lipinski definition) is 4. The maximum Gasteiger partial charge on any atom is 0.250 e. The molecule has 1 atom stereocenters. The number of hydrogen-bond donors (Lipinski definition) is 2. The highest BCUT2D eigenvalue weighted by Crippen LogP contribution is 2.20. The van der Waals surface area contributed by atoms with Gasteiger partial charge in [0.15, 0.2) is 0 Å². The van der Waals surface area contributed by atoms with E-state index in [4.69, 9.17) is 4.74 Å². The van der Waals surface area contributed by atoms with Crippen molar-refractivity contribution in [2.45, 2.75) is 17.2 Å². The van der Waals surface area contributed by atoms with Crippen molar-refractivity contribution in [3.05, 3.63) is 52.9 Å². The highest BCUT2D eigenvalue weighted by atomic mass is 32.2. The van der Waals surface area contributed by atoms with Crippen molar-refractivity contribution in [3.63, 3.8) is 0 Å². The first-order valence-electron chi connectivity index (χ1n) is 8.08. The number of thiophene rings is 1. The summed E-state index contributed by atoms with van der Waals surface area (Å²) in [6.07, 6.45) is 0. The molecule has 1 fully saturated rings.